The van der Waals surface area contributed by atoms with Gasteiger partial charge in [0.1, 0.15) is 0 Å². The van der Waals surface area contributed by atoms with Crippen molar-refractivity contribution >= 4 is 17.7 Å². The van der Waals surface area contributed by atoms with E-state index in [9.17, 15) is 4.79 Å². The molecule has 0 aliphatic heterocycles. The Hall–Kier alpha value is -0.970. The molecule has 0 aliphatic carbocycles. The van der Waals surface area contributed by atoms with Crippen molar-refractivity contribution in [3.05, 3.63) is 18.0 Å². The quantitative estimate of drug-likeness (QED) is 0.714. The number of rotatable bonds is 5. The number of carboxylic acids is 1. The minimum absolute atomic E-state index is 0.181. The van der Waals surface area contributed by atoms with E-state index in [2.05, 4.69) is 5.10 Å². The van der Waals surface area contributed by atoms with Gasteiger partial charge in [0.15, 0.2) is 0 Å². The van der Waals surface area contributed by atoms with E-state index in [1.54, 1.807) is 10.9 Å². The van der Waals surface area contributed by atoms with E-state index in [1.807, 2.05) is 13.2 Å². The molecule has 72 valence electrons. The van der Waals surface area contributed by atoms with Crippen molar-refractivity contribution in [2.24, 2.45) is 7.05 Å². The molecule has 0 amide bonds. The van der Waals surface area contributed by atoms with E-state index in [0.717, 1.165) is 17.7 Å². The normalized spacial score (nSPS) is 10.2. The summed E-state index contributed by atoms with van der Waals surface area (Å²) in [4.78, 5) is 10.2. The zero-order valence-corrected chi connectivity index (χ0v) is 8.25. The Balaban J connectivity index is 2.16. The molecular formula is C8H12N2O2S. The summed E-state index contributed by atoms with van der Waals surface area (Å²) in [5.74, 6) is 0.259. The molecule has 0 spiro atoms. The summed E-state index contributed by atoms with van der Waals surface area (Å²) in [6.45, 7) is 0. The van der Waals surface area contributed by atoms with E-state index in [1.165, 1.54) is 11.8 Å². The third-order valence-electron chi connectivity index (χ3n) is 1.52. The number of aromatic nitrogens is 2. The Bertz CT molecular complexity index is 285. The van der Waals surface area contributed by atoms with Gasteiger partial charge in [0.2, 0.25) is 0 Å². The van der Waals surface area contributed by atoms with Gasteiger partial charge in [-0.2, -0.15) is 5.10 Å². The number of aryl methyl sites for hydroxylation is 2. The summed E-state index contributed by atoms with van der Waals surface area (Å²) in [5, 5.41) is 12.4. The van der Waals surface area contributed by atoms with Gasteiger partial charge in [-0.1, -0.05) is 0 Å². The maximum Gasteiger partial charge on any atom is 0.313 e. The van der Waals surface area contributed by atoms with Crippen LogP contribution in [0.4, 0.5) is 0 Å². The van der Waals surface area contributed by atoms with Gasteiger partial charge >= 0.3 is 5.97 Å². The van der Waals surface area contributed by atoms with Crippen molar-refractivity contribution in [2.75, 3.05) is 11.5 Å². The highest BCUT2D eigenvalue weighted by Crippen LogP contribution is 2.05. The molecule has 1 N–H and O–H groups in total. The lowest BCUT2D eigenvalue weighted by atomic mass is 10.3. The van der Waals surface area contributed by atoms with Gasteiger partial charge in [0, 0.05) is 13.2 Å². The van der Waals surface area contributed by atoms with Crippen LogP contribution in [0.25, 0.3) is 0 Å². The molecule has 0 unspecified atom stereocenters. The van der Waals surface area contributed by atoms with Crippen LogP contribution >= 0.6 is 11.8 Å². The van der Waals surface area contributed by atoms with Gasteiger partial charge in [-0.3, -0.25) is 9.48 Å². The number of hydrogen-bond acceptors (Lipinski definition) is 3. The summed E-state index contributed by atoms with van der Waals surface area (Å²) in [5.41, 5.74) is 1.15. The Kier molecular flexibility index (Phi) is 3.82. The number of aliphatic carboxylic acids is 1. The largest absolute Gasteiger partial charge is 0.481 e. The van der Waals surface area contributed by atoms with Crippen molar-refractivity contribution in [3.8, 4) is 0 Å². The van der Waals surface area contributed by atoms with Crippen molar-refractivity contribution < 1.29 is 9.90 Å². The highest BCUT2D eigenvalue weighted by molar-refractivity contribution is 7.99. The molecule has 0 bridgehead atoms. The van der Waals surface area contributed by atoms with Gasteiger partial charge in [-0.05, 0) is 17.7 Å². The Morgan fingerprint density at radius 3 is 3.08 bits per heavy atom. The van der Waals surface area contributed by atoms with E-state index >= 15 is 0 Å². The lowest BCUT2D eigenvalue weighted by Crippen LogP contribution is -1.99. The third kappa shape index (κ3) is 3.98. The average molecular weight is 200 g/mol. The van der Waals surface area contributed by atoms with Gasteiger partial charge in [-0.15, -0.1) is 11.8 Å². The average Bonchev–Trinajstić information content (AvgIpc) is 2.45. The van der Waals surface area contributed by atoms with E-state index in [4.69, 9.17) is 5.11 Å². The monoisotopic (exact) mass is 200 g/mol. The minimum Gasteiger partial charge on any atom is -0.481 e. The smallest absolute Gasteiger partial charge is 0.313 e. The zero-order valence-electron chi connectivity index (χ0n) is 7.43. The van der Waals surface area contributed by atoms with Crippen LogP contribution in [-0.2, 0) is 18.3 Å². The number of carboxylic acid groups (broad SMARTS) is 1. The van der Waals surface area contributed by atoms with Crippen LogP contribution in [0.3, 0.4) is 0 Å². The molecule has 0 aromatic carbocycles. The first-order chi connectivity index (χ1) is 6.18. The topological polar surface area (TPSA) is 55.1 Å². The molecular weight excluding hydrogens is 188 g/mol. The van der Waals surface area contributed by atoms with Crippen LogP contribution in [0.1, 0.15) is 5.56 Å². The molecule has 13 heavy (non-hydrogen) atoms. The van der Waals surface area contributed by atoms with Crippen LogP contribution in [0.2, 0.25) is 0 Å². The van der Waals surface area contributed by atoms with Gasteiger partial charge in [-0.25, -0.2) is 0 Å². The predicted molar refractivity (Wildman–Crippen MR) is 51.9 cm³/mol. The first-order valence-corrected chi connectivity index (χ1v) is 5.11. The van der Waals surface area contributed by atoms with Crippen LogP contribution in [0, 0.1) is 0 Å². The minimum atomic E-state index is -0.754. The second-order valence-corrected chi connectivity index (χ2v) is 3.82. The number of carbonyl (C=O) groups is 1. The van der Waals surface area contributed by atoms with Crippen LogP contribution in [-0.4, -0.2) is 32.4 Å². The SMILES string of the molecule is Cn1cc(CCSCC(=O)O)cn1. The molecule has 1 aromatic rings. The lowest BCUT2D eigenvalue weighted by molar-refractivity contribution is -0.133. The number of nitrogens with zero attached hydrogens (tertiary/aromatic N) is 2. The first kappa shape index (κ1) is 10.1. The molecule has 5 heteroatoms. The molecule has 0 saturated heterocycles. The molecule has 0 atom stereocenters. The van der Waals surface area contributed by atoms with Crippen LogP contribution in [0.15, 0.2) is 12.4 Å². The second kappa shape index (κ2) is 4.91. The Morgan fingerprint density at radius 2 is 2.54 bits per heavy atom. The highest BCUT2D eigenvalue weighted by Gasteiger charge is 1.99. The Labute approximate surface area is 80.9 Å². The van der Waals surface area contributed by atoms with Crippen molar-refractivity contribution in [3.63, 3.8) is 0 Å². The van der Waals surface area contributed by atoms with Gasteiger partial charge in [0.05, 0.1) is 11.9 Å². The molecule has 4 nitrogen and oxygen atoms in total. The molecule has 0 aliphatic rings. The van der Waals surface area contributed by atoms with Crippen LogP contribution in [0.5, 0.6) is 0 Å². The van der Waals surface area contributed by atoms with E-state index < -0.39 is 5.97 Å². The fourth-order valence-corrected chi connectivity index (χ4v) is 1.65. The standard InChI is InChI=1S/C8H12N2O2S/c1-10-5-7(4-9-10)2-3-13-6-8(11)12/h4-5H,2-3,6H2,1H3,(H,11,12). The summed E-state index contributed by atoms with van der Waals surface area (Å²) < 4.78 is 1.75. The number of thioether (sulfide) groups is 1. The summed E-state index contributed by atoms with van der Waals surface area (Å²) in [6.07, 6.45) is 4.63. The molecule has 1 aromatic heterocycles. The lowest BCUT2D eigenvalue weighted by Gasteiger charge is -1.95. The molecule has 1 rings (SSSR count). The maximum atomic E-state index is 10.2. The summed E-state index contributed by atoms with van der Waals surface area (Å²) in [6, 6.07) is 0. The molecule has 0 fully saturated rings. The van der Waals surface area contributed by atoms with Gasteiger partial charge < -0.3 is 5.11 Å². The maximum absolute atomic E-state index is 10.2. The second-order valence-electron chi connectivity index (χ2n) is 2.72. The summed E-state index contributed by atoms with van der Waals surface area (Å²) in [7, 11) is 1.87. The van der Waals surface area contributed by atoms with Crippen molar-refractivity contribution in [1.29, 1.82) is 0 Å². The molecule has 0 saturated carbocycles. The fraction of sp³-hybridized carbons (Fsp3) is 0.500. The van der Waals surface area contributed by atoms with E-state index in [-0.39, 0.29) is 5.75 Å². The highest BCUT2D eigenvalue weighted by atomic mass is 32.2. The first-order valence-electron chi connectivity index (χ1n) is 3.95. The Morgan fingerprint density at radius 1 is 1.77 bits per heavy atom. The van der Waals surface area contributed by atoms with E-state index in [0.29, 0.717) is 0 Å². The van der Waals surface area contributed by atoms with Crippen molar-refractivity contribution in [1.82, 2.24) is 9.78 Å². The summed E-state index contributed by atoms with van der Waals surface area (Å²) >= 11 is 1.43. The molecule has 1 heterocycles. The van der Waals surface area contributed by atoms with Crippen molar-refractivity contribution in [2.45, 2.75) is 6.42 Å². The predicted octanol–water partition coefficient (Wildman–Crippen LogP) is 0.780. The van der Waals surface area contributed by atoms with Gasteiger partial charge in [0.25, 0.3) is 0 Å². The molecule has 0 radical (unpaired) electrons. The van der Waals surface area contributed by atoms with Crippen LogP contribution < -0.4 is 0 Å². The zero-order chi connectivity index (χ0) is 9.68. The fourth-order valence-electron chi connectivity index (χ4n) is 0.950. The third-order valence-corrected chi connectivity index (χ3v) is 2.46. The number of hydrogen-bond donors (Lipinski definition) is 1.